The van der Waals surface area contributed by atoms with Crippen molar-refractivity contribution < 1.29 is 14.3 Å². The van der Waals surface area contributed by atoms with Crippen LogP contribution in [0.4, 0.5) is 0 Å². The van der Waals surface area contributed by atoms with Gasteiger partial charge in [-0.1, -0.05) is 19.1 Å². The molecule has 3 rings (SSSR count). The number of fused-ring (bicyclic) bond motifs is 1. The molecular weight excluding hydrogens is 256 g/mol. The minimum Gasteiger partial charge on any atom is -0.376 e. The maximum atomic E-state index is 12.3. The van der Waals surface area contributed by atoms with Crippen LogP contribution in [0.15, 0.2) is 24.3 Å². The maximum Gasteiger partial charge on any atom is 0.262 e. The molecule has 2 aliphatic rings. The molecule has 1 aromatic rings. The van der Waals surface area contributed by atoms with Crippen molar-refractivity contribution >= 4 is 11.8 Å². The van der Waals surface area contributed by atoms with E-state index in [1.807, 2.05) is 0 Å². The zero-order chi connectivity index (χ0) is 14.1. The third kappa shape index (κ3) is 2.23. The van der Waals surface area contributed by atoms with E-state index in [1.54, 1.807) is 24.3 Å². The fourth-order valence-electron chi connectivity index (χ4n) is 2.72. The van der Waals surface area contributed by atoms with Crippen LogP contribution in [0.1, 0.15) is 34.1 Å². The highest BCUT2D eigenvalue weighted by Crippen LogP contribution is 2.23. The summed E-state index contributed by atoms with van der Waals surface area (Å²) in [6.45, 7) is 4.61. The molecule has 1 fully saturated rings. The Hall–Kier alpha value is -1.72. The van der Waals surface area contributed by atoms with Gasteiger partial charge in [-0.3, -0.25) is 19.4 Å². The van der Waals surface area contributed by atoms with Gasteiger partial charge in [0.15, 0.2) is 0 Å². The van der Waals surface area contributed by atoms with Crippen LogP contribution in [-0.2, 0) is 4.74 Å². The second-order valence-corrected chi connectivity index (χ2v) is 5.20. The SMILES string of the molecule is CC[C@@H]1CN(CN2C(=O)c3ccccc3C2=O)CCO1. The fraction of sp³-hybridized carbons (Fsp3) is 0.467. The van der Waals surface area contributed by atoms with Crippen molar-refractivity contribution in [3.63, 3.8) is 0 Å². The Balaban J connectivity index is 1.73. The Morgan fingerprint density at radius 1 is 1.20 bits per heavy atom. The molecule has 2 aliphatic heterocycles. The molecule has 2 heterocycles. The third-order valence-electron chi connectivity index (χ3n) is 3.90. The summed E-state index contributed by atoms with van der Waals surface area (Å²) >= 11 is 0. The number of rotatable bonds is 3. The van der Waals surface area contributed by atoms with Gasteiger partial charge in [0.2, 0.25) is 0 Å². The Morgan fingerprint density at radius 2 is 1.85 bits per heavy atom. The summed E-state index contributed by atoms with van der Waals surface area (Å²) in [5.74, 6) is -0.379. The average molecular weight is 274 g/mol. The summed E-state index contributed by atoms with van der Waals surface area (Å²) in [6.07, 6.45) is 1.14. The van der Waals surface area contributed by atoms with Crippen LogP contribution in [0.2, 0.25) is 0 Å². The summed E-state index contributed by atoms with van der Waals surface area (Å²) in [4.78, 5) is 28.0. The number of morpholine rings is 1. The normalized spacial score (nSPS) is 23.2. The molecule has 0 aliphatic carbocycles. The van der Waals surface area contributed by atoms with Crippen LogP contribution in [0.25, 0.3) is 0 Å². The molecule has 0 N–H and O–H groups in total. The molecule has 1 aromatic carbocycles. The van der Waals surface area contributed by atoms with Gasteiger partial charge in [0.1, 0.15) is 0 Å². The van der Waals surface area contributed by atoms with Gasteiger partial charge in [0.05, 0.1) is 30.5 Å². The highest BCUT2D eigenvalue weighted by atomic mass is 16.5. The van der Waals surface area contributed by atoms with Gasteiger partial charge in [-0.05, 0) is 18.6 Å². The highest BCUT2D eigenvalue weighted by Gasteiger charge is 2.36. The minimum atomic E-state index is -0.190. The second-order valence-electron chi connectivity index (χ2n) is 5.20. The summed E-state index contributed by atoms with van der Waals surface area (Å²) in [5, 5.41) is 0. The van der Waals surface area contributed by atoms with E-state index in [9.17, 15) is 9.59 Å². The van der Waals surface area contributed by atoms with Gasteiger partial charge in [-0.15, -0.1) is 0 Å². The lowest BCUT2D eigenvalue weighted by molar-refractivity contribution is -0.0408. The van der Waals surface area contributed by atoms with E-state index in [0.717, 1.165) is 19.5 Å². The maximum absolute atomic E-state index is 12.3. The molecule has 0 saturated carbocycles. The van der Waals surface area contributed by atoms with Gasteiger partial charge >= 0.3 is 0 Å². The number of hydrogen-bond acceptors (Lipinski definition) is 4. The molecule has 5 nitrogen and oxygen atoms in total. The van der Waals surface area contributed by atoms with E-state index >= 15 is 0 Å². The molecule has 5 heteroatoms. The van der Waals surface area contributed by atoms with Crippen molar-refractivity contribution in [2.45, 2.75) is 19.4 Å². The zero-order valence-electron chi connectivity index (χ0n) is 11.5. The number of carbonyl (C=O) groups excluding carboxylic acids is 2. The molecule has 0 aromatic heterocycles. The first-order valence-corrected chi connectivity index (χ1v) is 7.00. The zero-order valence-corrected chi connectivity index (χ0v) is 11.5. The van der Waals surface area contributed by atoms with Gasteiger partial charge in [0.25, 0.3) is 11.8 Å². The molecule has 0 radical (unpaired) electrons. The van der Waals surface area contributed by atoms with Gasteiger partial charge < -0.3 is 4.74 Å². The predicted octanol–water partition coefficient (Wildman–Crippen LogP) is 1.35. The smallest absolute Gasteiger partial charge is 0.262 e. The number of ether oxygens (including phenoxy) is 1. The minimum absolute atomic E-state index is 0.190. The molecule has 1 atom stereocenters. The van der Waals surface area contributed by atoms with E-state index in [1.165, 1.54) is 4.90 Å². The van der Waals surface area contributed by atoms with E-state index in [-0.39, 0.29) is 17.9 Å². The van der Waals surface area contributed by atoms with Crippen molar-refractivity contribution in [2.24, 2.45) is 0 Å². The van der Waals surface area contributed by atoms with Crippen molar-refractivity contribution in [3.05, 3.63) is 35.4 Å². The van der Waals surface area contributed by atoms with Crippen LogP contribution in [-0.4, -0.2) is 54.1 Å². The van der Waals surface area contributed by atoms with Crippen LogP contribution in [0.3, 0.4) is 0 Å². The molecule has 106 valence electrons. The first-order valence-electron chi connectivity index (χ1n) is 7.00. The van der Waals surface area contributed by atoms with Gasteiger partial charge in [0, 0.05) is 13.1 Å². The first-order chi connectivity index (χ1) is 9.70. The third-order valence-corrected chi connectivity index (χ3v) is 3.90. The molecule has 20 heavy (non-hydrogen) atoms. The Morgan fingerprint density at radius 3 is 2.45 bits per heavy atom. The molecule has 2 amide bonds. The van der Waals surface area contributed by atoms with Gasteiger partial charge in [-0.2, -0.15) is 0 Å². The quantitative estimate of drug-likeness (QED) is 0.781. The molecule has 1 saturated heterocycles. The summed E-state index contributed by atoms with van der Waals surface area (Å²) < 4.78 is 5.61. The van der Waals surface area contributed by atoms with E-state index in [0.29, 0.717) is 24.4 Å². The number of amides is 2. The highest BCUT2D eigenvalue weighted by molar-refractivity contribution is 6.21. The van der Waals surface area contributed by atoms with Crippen LogP contribution >= 0.6 is 0 Å². The Labute approximate surface area is 118 Å². The summed E-state index contributed by atoms with van der Waals surface area (Å²) in [7, 11) is 0. The predicted molar refractivity (Wildman–Crippen MR) is 73.4 cm³/mol. The van der Waals surface area contributed by atoms with Crippen LogP contribution in [0, 0.1) is 0 Å². The number of carbonyl (C=O) groups is 2. The number of nitrogens with zero attached hydrogens (tertiary/aromatic N) is 2. The number of hydrogen-bond donors (Lipinski definition) is 0. The summed E-state index contributed by atoms with van der Waals surface area (Å²) in [6, 6.07) is 7.00. The topological polar surface area (TPSA) is 49.9 Å². The molecule has 0 bridgehead atoms. The van der Waals surface area contributed by atoms with E-state index < -0.39 is 0 Å². The number of benzene rings is 1. The van der Waals surface area contributed by atoms with Gasteiger partial charge in [-0.25, -0.2) is 0 Å². The molecule has 0 spiro atoms. The standard InChI is InChI=1S/C15H18N2O3/c1-2-11-9-16(7-8-20-11)10-17-14(18)12-5-3-4-6-13(12)15(17)19/h3-6,11H,2,7-10H2,1H3/t11-/m1/s1. The van der Waals surface area contributed by atoms with Crippen LogP contribution in [0.5, 0.6) is 0 Å². The summed E-state index contributed by atoms with van der Waals surface area (Å²) in [5.41, 5.74) is 1.02. The lowest BCUT2D eigenvalue weighted by Gasteiger charge is -2.34. The van der Waals surface area contributed by atoms with Crippen molar-refractivity contribution in [1.82, 2.24) is 9.80 Å². The Kier molecular flexibility index (Phi) is 3.54. The molecule has 0 unspecified atom stereocenters. The second kappa shape index (κ2) is 5.34. The lowest BCUT2D eigenvalue weighted by Crippen LogP contribution is -2.48. The lowest BCUT2D eigenvalue weighted by atomic mass is 10.1. The first kappa shape index (κ1) is 13.3. The van der Waals surface area contributed by atoms with E-state index in [2.05, 4.69) is 11.8 Å². The van der Waals surface area contributed by atoms with Crippen molar-refractivity contribution in [3.8, 4) is 0 Å². The average Bonchev–Trinajstić information content (AvgIpc) is 2.73. The largest absolute Gasteiger partial charge is 0.376 e. The van der Waals surface area contributed by atoms with Crippen molar-refractivity contribution in [1.29, 1.82) is 0 Å². The van der Waals surface area contributed by atoms with Crippen LogP contribution < -0.4 is 0 Å². The monoisotopic (exact) mass is 274 g/mol. The van der Waals surface area contributed by atoms with Crippen molar-refractivity contribution in [2.75, 3.05) is 26.4 Å². The molecular formula is C15H18N2O3. The number of imide groups is 1. The Bertz CT molecular complexity index is 509. The van der Waals surface area contributed by atoms with E-state index in [4.69, 9.17) is 4.74 Å². The fourth-order valence-corrected chi connectivity index (χ4v) is 2.72.